The van der Waals surface area contributed by atoms with Crippen LogP contribution in [0.3, 0.4) is 0 Å². The first kappa shape index (κ1) is 8.01. The second-order valence-electron chi connectivity index (χ2n) is 2.71. The van der Waals surface area contributed by atoms with Gasteiger partial charge in [-0.15, -0.1) is 0 Å². The van der Waals surface area contributed by atoms with E-state index in [9.17, 15) is 8.42 Å². The van der Waals surface area contributed by atoms with E-state index in [0.29, 0.717) is 18.7 Å². The molecule has 1 aliphatic rings. The fourth-order valence-electron chi connectivity index (χ4n) is 1.39. The Balaban J connectivity index is 2.84. The Morgan fingerprint density at radius 3 is 2.40 bits per heavy atom. The molecule has 60 valence electrons. The van der Waals surface area contributed by atoms with E-state index in [1.54, 1.807) is 0 Å². The molecule has 1 saturated heterocycles. The number of sulfone groups is 1. The third-order valence-electron chi connectivity index (χ3n) is 1.98. The Bertz CT molecular complexity index is 210. The lowest BCUT2D eigenvalue weighted by Crippen LogP contribution is -2.28. The van der Waals surface area contributed by atoms with Crippen LogP contribution in [0.15, 0.2) is 0 Å². The Labute approximate surface area is 61.9 Å². The van der Waals surface area contributed by atoms with Crippen molar-refractivity contribution >= 4 is 9.84 Å². The molecule has 0 aromatic carbocycles. The van der Waals surface area contributed by atoms with Gasteiger partial charge in [0.25, 0.3) is 0 Å². The van der Waals surface area contributed by atoms with Gasteiger partial charge in [0.1, 0.15) is 5.37 Å². The Morgan fingerprint density at radius 1 is 1.60 bits per heavy atom. The SMILES string of the molecule is CCC1N(C)CCS1(=O)=O. The monoisotopic (exact) mass is 163 g/mol. The van der Waals surface area contributed by atoms with E-state index in [1.807, 2.05) is 18.9 Å². The average Bonchev–Trinajstić information content (AvgIpc) is 2.07. The molecule has 0 N–H and O–H groups in total. The van der Waals surface area contributed by atoms with Gasteiger partial charge >= 0.3 is 0 Å². The minimum absolute atomic E-state index is 0.215. The zero-order chi connectivity index (χ0) is 7.78. The fraction of sp³-hybridized carbons (Fsp3) is 1.00. The fourth-order valence-corrected chi connectivity index (χ4v) is 3.37. The molecule has 4 heteroatoms. The third kappa shape index (κ3) is 1.18. The van der Waals surface area contributed by atoms with E-state index < -0.39 is 9.84 Å². The normalized spacial score (nSPS) is 32.8. The first-order valence-electron chi connectivity index (χ1n) is 3.49. The minimum Gasteiger partial charge on any atom is -0.289 e. The van der Waals surface area contributed by atoms with Crippen LogP contribution in [0.2, 0.25) is 0 Å². The molecule has 0 bridgehead atoms. The number of hydrogen-bond acceptors (Lipinski definition) is 3. The molecule has 1 rings (SSSR count). The summed E-state index contributed by atoms with van der Waals surface area (Å²) in [5.74, 6) is 0.335. The van der Waals surface area contributed by atoms with E-state index in [1.165, 1.54) is 0 Å². The van der Waals surface area contributed by atoms with Gasteiger partial charge in [0, 0.05) is 6.54 Å². The smallest absolute Gasteiger partial charge is 0.167 e. The molecule has 0 amide bonds. The van der Waals surface area contributed by atoms with E-state index >= 15 is 0 Å². The van der Waals surface area contributed by atoms with Crippen LogP contribution in [0.5, 0.6) is 0 Å². The number of rotatable bonds is 1. The van der Waals surface area contributed by atoms with Gasteiger partial charge in [-0.05, 0) is 13.5 Å². The molecular formula is C6H13NO2S. The van der Waals surface area contributed by atoms with Crippen LogP contribution in [0, 0.1) is 0 Å². The van der Waals surface area contributed by atoms with E-state index in [0.717, 1.165) is 0 Å². The highest BCUT2D eigenvalue weighted by Crippen LogP contribution is 2.17. The van der Waals surface area contributed by atoms with Gasteiger partial charge in [-0.3, -0.25) is 4.90 Å². The molecule has 0 aromatic heterocycles. The summed E-state index contributed by atoms with van der Waals surface area (Å²) in [6.45, 7) is 2.60. The highest BCUT2D eigenvalue weighted by Gasteiger charge is 2.33. The van der Waals surface area contributed by atoms with Crippen molar-refractivity contribution in [1.29, 1.82) is 0 Å². The molecule has 0 radical (unpaired) electrons. The molecule has 1 aliphatic heterocycles. The second kappa shape index (κ2) is 2.51. The summed E-state index contributed by atoms with van der Waals surface area (Å²) >= 11 is 0. The maximum absolute atomic E-state index is 11.2. The predicted molar refractivity (Wildman–Crippen MR) is 40.5 cm³/mol. The van der Waals surface area contributed by atoms with Crippen LogP contribution in [-0.2, 0) is 9.84 Å². The molecule has 1 unspecified atom stereocenters. The second-order valence-corrected chi connectivity index (χ2v) is 4.99. The molecule has 10 heavy (non-hydrogen) atoms. The Morgan fingerprint density at radius 2 is 2.20 bits per heavy atom. The zero-order valence-corrected chi connectivity index (χ0v) is 7.19. The molecule has 0 aliphatic carbocycles. The lowest BCUT2D eigenvalue weighted by atomic mass is 10.4. The summed E-state index contributed by atoms with van der Waals surface area (Å²) in [6.07, 6.45) is 0.707. The largest absolute Gasteiger partial charge is 0.289 e. The van der Waals surface area contributed by atoms with Crippen molar-refractivity contribution in [3.63, 3.8) is 0 Å². The summed E-state index contributed by atoms with van der Waals surface area (Å²) in [5, 5.41) is -0.215. The highest BCUT2D eigenvalue weighted by atomic mass is 32.2. The van der Waals surface area contributed by atoms with Crippen LogP contribution in [0.25, 0.3) is 0 Å². The van der Waals surface area contributed by atoms with E-state index in [2.05, 4.69) is 0 Å². The summed E-state index contributed by atoms with van der Waals surface area (Å²) < 4.78 is 22.3. The van der Waals surface area contributed by atoms with Crippen molar-refractivity contribution in [3.05, 3.63) is 0 Å². The first-order chi connectivity index (χ1) is 4.58. The quantitative estimate of drug-likeness (QED) is 0.549. The zero-order valence-electron chi connectivity index (χ0n) is 6.37. The standard InChI is InChI=1S/C6H13NO2S/c1-3-6-7(2)4-5-10(6,8)9/h6H,3-5H2,1-2H3. The van der Waals surface area contributed by atoms with Crippen molar-refractivity contribution in [2.75, 3.05) is 19.3 Å². The average molecular weight is 163 g/mol. The molecule has 0 saturated carbocycles. The van der Waals surface area contributed by atoms with Crippen LogP contribution < -0.4 is 0 Å². The first-order valence-corrected chi connectivity index (χ1v) is 5.21. The van der Waals surface area contributed by atoms with Gasteiger partial charge in [0.15, 0.2) is 9.84 Å². The molecule has 1 fully saturated rings. The van der Waals surface area contributed by atoms with Gasteiger partial charge < -0.3 is 0 Å². The predicted octanol–water partition coefficient (Wildman–Crippen LogP) is 0.0827. The highest BCUT2D eigenvalue weighted by molar-refractivity contribution is 7.92. The molecule has 1 heterocycles. The van der Waals surface area contributed by atoms with Crippen molar-refractivity contribution in [3.8, 4) is 0 Å². The molecule has 1 atom stereocenters. The van der Waals surface area contributed by atoms with Crippen LogP contribution in [0.1, 0.15) is 13.3 Å². The van der Waals surface area contributed by atoms with Crippen molar-refractivity contribution in [1.82, 2.24) is 4.90 Å². The molecule has 0 spiro atoms. The van der Waals surface area contributed by atoms with Crippen molar-refractivity contribution < 1.29 is 8.42 Å². The summed E-state index contributed by atoms with van der Waals surface area (Å²) in [5.41, 5.74) is 0. The van der Waals surface area contributed by atoms with Gasteiger partial charge in [0.2, 0.25) is 0 Å². The van der Waals surface area contributed by atoms with E-state index in [4.69, 9.17) is 0 Å². The molecule has 0 aromatic rings. The van der Waals surface area contributed by atoms with Gasteiger partial charge in [-0.1, -0.05) is 6.92 Å². The van der Waals surface area contributed by atoms with Gasteiger partial charge in [0.05, 0.1) is 5.75 Å². The molecular weight excluding hydrogens is 150 g/mol. The summed E-state index contributed by atoms with van der Waals surface area (Å²) in [4.78, 5) is 1.90. The Kier molecular flexibility index (Phi) is 2.01. The van der Waals surface area contributed by atoms with E-state index in [-0.39, 0.29) is 5.37 Å². The topological polar surface area (TPSA) is 37.4 Å². The lowest BCUT2D eigenvalue weighted by molar-refractivity contribution is 0.339. The summed E-state index contributed by atoms with van der Waals surface area (Å²) in [7, 11) is -0.901. The van der Waals surface area contributed by atoms with Gasteiger partial charge in [-0.2, -0.15) is 0 Å². The van der Waals surface area contributed by atoms with Crippen LogP contribution in [0.4, 0.5) is 0 Å². The van der Waals surface area contributed by atoms with Crippen molar-refractivity contribution in [2.24, 2.45) is 0 Å². The third-order valence-corrected chi connectivity index (χ3v) is 4.26. The maximum Gasteiger partial charge on any atom is 0.167 e. The van der Waals surface area contributed by atoms with Crippen LogP contribution in [-0.4, -0.2) is 38.0 Å². The van der Waals surface area contributed by atoms with Crippen molar-refractivity contribution in [2.45, 2.75) is 18.7 Å². The minimum atomic E-state index is -2.76. The van der Waals surface area contributed by atoms with Crippen LogP contribution >= 0.6 is 0 Å². The lowest BCUT2D eigenvalue weighted by Gasteiger charge is -2.14. The Hall–Kier alpha value is -0.0900. The number of hydrogen-bond donors (Lipinski definition) is 0. The maximum atomic E-state index is 11.2. The van der Waals surface area contributed by atoms with Gasteiger partial charge in [-0.25, -0.2) is 8.42 Å². The number of nitrogens with zero attached hydrogens (tertiary/aromatic N) is 1. The molecule has 3 nitrogen and oxygen atoms in total. The summed E-state index contributed by atoms with van der Waals surface area (Å²) in [6, 6.07) is 0.